The molecule has 0 bridgehead atoms. The first-order chi connectivity index (χ1) is 24.3. The molecule has 1 heterocycles. The summed E-state index contributed by atoms with van der Waals surface area (Å²) < 4.78 is 143. The average Bonchev–Trinajstić information content (AvgIpc) is 3.75. The topological polar surface area (TPSA) is 95.2 Å². The molecule has 0 fully saturated rings. The Morgan fingerprint density at radius 3 is 0.980 bits per heavy atom. The first kappa shape index (κ1) is 32.8. The number of hydrogen-bond donors (Lipinski definition) is 0. The molecule has 0 N–H and O–H groups in total. The van der Waals surface area contributed by atoms with Crippen molar-refractivity contribution in [3.8, 4) is 68.8 Å². The summed E-state index contributed by atoms with van der Waals surface area (Å²) in [5.74, 6) is -22.2. The molecular formula is C36H6F10N4S. The number of halogens is 10. The van der Waals surface area contributed by atoms with Crippen LogP contribution in [-0.4, -0.2) is 0 Å². The molecule has 0 radical (unpaired) electrons. The predicted octanol–water partition coefficient (Wildman–Crippen LogP) is 10.1. The van der Waals surface area contributed by atoms with Crippen molar-refractivity contribution in [1.82, 2.24) is 0 Å². The van der Waals surface area contributed by atoms with Crippen molar-refractivity contribution < 1.29 is 43.9 Å². The van der Waals surface area contributed by atoms with Gasteiger partial charge >= 0.3 is 0 Å². The summed E-state index contributed by atoms with van der Waals surface area (Å²) in [6.07, 6.45) is 0. The molecule has 15 heteroatoms. The molecule has 4 nitrogen and oxygen atoms in total. The normalized spacial score (nSPS) is 12.0. The highest BCUT2D eigenvalue weighted by Crippen LogP contribution is 2.62. The Bertz CT molecular complexity index is 2480. The third-order valence-electron chi connectivity index (χ3n) is 8.42. The summed E-state index contributed by atoms with van der Waals surface area (Å²) in [4.78, 5) is 0.342. The lowest BCUT2D eigenvalue weighted by Gasteiger charge is -2.12. The summed E-state index contributed by atoms with van der Waals surface area (Å²) in [5.41, 5.74) is -4.08. The molecule has 0 saturated heterocycles. The first-order valence-corrected chi connectivity index (χ1v) is 14.7. The average molecular weight is 717 g/mol. The zero-order chi connectivity index (χ0) is 36.8. The van der Waals surface area contributed by atoms with E-state index >= 15 is 0 Å². The van der Waals surface area contributed by atoms with Crippen molar-refractivity contribution in [3.63, 3.8) is 0 Å². The van der Waals surface area contributed by atoms with Crippen LogP contribution >= 0.6 is 11.3 Å². The van der Waals surface area contributed by atoms with E-state index in [4.69, 9.17) is 0 Å². The van der Waals surface area contributed by atoms with E-state index in [9.17, 15) is 65.0 Å². The van der Waals surface area contributed by atoms with Crippen LogP contribution in [0.3, 0.4) is 0 Å². The van der Waals surface area contributed by atoms with Gasteiger partial charge in [0.1, 0.15) is 35.4 Å². The lowest BCUT2D eigenvalue weighted by molar-refractivity contribution is 0.381. The molecule has 0 atom stereocenters. The minimum absolute atomic E-state index is 0.0311. The number of fused-ring (bicyclic) bond motifs is 7. The van der Waals surface area contributed by atoms with Gasteiger partial charge < -0.3 is 0 Å². The van der Waals surface area contributed by atoms with E-state index in [1.165, 1.54) is 12.1 Å². The van der Waals surface area contributed by atoms with Crippen LogP contribution in [0.2, 0.25) is 0 Å². The van der Waals surface area contributed by atoms with E-state index in [-0.39, 0.29) is 54.3 Å². The van der Waals surface area contributed by atoms with Gasteiger partial charge in [-0.25, -0.2) is 43.9 Å². The fourth-order valence-electron chi connectivity index (χ4n) is 6.28. The van der Waals surface area contributed by atoms with Crippen LogP contribution in [0, 0.1) is 103 Å². The van der Waals surface area contributed by atoms with Crippen LogP contribution in [-0.2, 0) is 0 Å². The van der Waals surface area contributed by atoms with Gasteiger partial charge in [0.15, 0.2) is 46.5 Å². The molecule has 4 aromatic carbocycles. The largest absolute Gasteiger partial charge is 0.203 e. The van der Waals surface area contributed by atoms with E-state index in [1.54, 1.807) is 24.3 Å². The zero-order valence-corrected chi connectivity index (χ0v) is 25.3. The third kappa shape index (κ3) is 4.29. The number of nitriles is 4. The second-order valence-electron chi connectivity index (χ2n) is 10.9. The van der Waals surface area contributed by atoms with Crippen molar-refractivity contribution in [2.45, 2.75) is 0 Å². The maximum absolute atomic E-state index is 14.8. The SMILES string of the molecule is N#CC(C#N)=C1c2cc(-c3c(F)c(F)c(F)c(F)c3F)ccc2-c2c1sc1c2-c2ccc(-c3c(F)c(F)c(F)c(F)c3F)cc2C1=C(C#N)C#N. The van der Waals surface area contributed by atoms with Gasteiger partial charge in [-0.3, -0.25) is 0 Å². The first-order valence-electron chi connectivity index (χ1n) is 13.9. The van der Waals surface area contributed by atoms with Crippen LogP contribution in [0.4, 0.5) is 43.9 Å². The van der Waals surface area contributed by atoms with E-state index in [0.29, 0.717) is 0 Å². The number of allylic oxidation sites excluding steroid dienone is 2. The minimum Gasteiger partial charge on any atom is -0.203 e. The number of nitrogens with zero attached hydrogens (tertiary/aromatic N) is 4. The van der Waals surface area contributed by atoms with Crippen molar-refractivity contribution >= 4 is 22.5 Å². The zero-order valence-electron chi connectivity index (χ0n) is 24.4. The number of rotatable bonds is 2. The Balaban J connectivity index is 1.54. The summed E-state index contributed by atoms with van der Waals surface area (Å²) in [5, 5.41) is 39.4. The maximum Gasteiger partial charge on any atom is 0.200 e. The van der Waals surface area contributed by atoms with Gasteiger partial charge in [-0.15, -0.1) is 11.3 Å². The van der Waals surface area contributed by atoms with Crippen LogP contribution in [0.1, 0.15) is 20.9 Å². The molecule has 246 valence electrons. The Morgan fingerprint density at radius 2 is 0.686 bits per heavy atom. The molecule has 1 aromatic heterocycles. The molecule has 2 aliphatic carbocycles. The Kier molecular flexibility index (Phi) is 7.37. The quantitative estimate of drug-likeness (QED) is 0.0770. The highest BCUT2D eigenvalue weighted by Gasteiger charge is 2.40. The van der Waals surface area contributed by atoms with Gasteiger partial charge in [0, 0.05) is 32.0 Å². The Hall–Kier alpha value is -6.68. The lowest BCUT2D eigenvalue weighted by Crippen LogP contribution is -2.04. The molecule has 51 heavy (non-hydrogen) atoms. The van der Waals surface area contributed by atoms with Crippen molar-refractivity contribution in [3.05, 3.63) is 127 Å². The van der Waals surface area contributed by atoms with E-state index < -0.39 is 91.6 Å². The minimum atomic E-state index is -2.38. The highest BCUT2D eigenvalue weighted by molar-refractivity contribution is 7.16. The molecule has 5 aromatic rings. The van der Waals surface area contributed by atoms with Gasteiger partial charge in [-0.1, -0.05) is 24.3 Å². The van der Waals surface area contributed by atoms with Crippen LogP contribution < -0.4 is 0 Å². The summed E-state index contributed by atoms with van der Waals surface area (Å²) >= 11 is 0.833. The molecule has 0 saturated carbocycles. The van der Waals surface area contributed by atoms with Crippen molar-refractivity contribution in [2.75, 3.05) is 0 Å². The standard InChI is InChI=1S/C36H6F10N4S/c37-25-21(26(38)30(42)33(45)29(25)41)11-1-3-15-17(5-11)19(13(7-47)8-48)35-23(15)24-16-4-2-12(22-27(39)31(43)34(46)32(44)28(22)40)6-18(16)20(36(24)51-35)14(9-49)10-50/h1-6H. The van der Waals surface area contributed by atoms with Crippen LogP contribution in [0.15, 0.2) is 47.5 Å². The van der Waals surface area contributed by atoms with Crippen LogP contribution in [0.25, 0.3) is 55.7 Å². The molecule has 0 aliphatic heterocycles. The molecule has 0 spiro atoms. The molecule has 7 rings (SSSR count). The van der Waals surface area contributed by atoms with E-state index in [0.717, 1.165) is 35.6 Å². The molecule has 2 aliphatic rings. The van der Waals surface area contributed by atoms with Crippen LogP contribution in [0.5, 0.6) is 0 Å². The van der Waals surface area contributed by atoms with E-state index in [1.807, 2.05) is 0 Å². The summed E-state index contributed by atoms with van der Waals surface area (Å²) in [6, 6.07) is 13.4. The van der Waals surface area contributed by atoms with Gasteiger partial charge in [0.2, 0.25) is 11.6 Å². The fraction of sp³-hybridized carbons (Fsp3) is 0. The Labute approximate surface area is 282 Å². The Morgan fingerprint density at radius 1 is 0.392 bits per heavy atom. The number of benzene rings is 4. The number of hydrogen-bond acceptors (Lipinski definition) is 5. The van der Waals surface area contributed by atoms with Gasteiger partial charge in [0.25, 0.3) is 0 Å². The van der Waals surface area contributed by atoms with Gasteiger partial charge in [0.05, 0.1) is 11.1 Å². The van der Waals surface area contributed by atoms with Gasteiger partial charge in [-0.05, 0) is 45.5 Å². The number of thiophene rings is 1. The highest BCUT2D eigenvalue weighted by atomic mass is 32.1. The molecule has 0 amide bonds. The summed E-state index contributed by atoms with van der Waals surface area (Å²) in [6.45, 7) is 0. The fourth-order valence-corrected chi connectivity index (χ4v) is 7.74. The predicted molar refractivity (Wildman–Crippen MR) is 160 cm³/mol. The lowest BCUT2D eigenvalue weighted by atomic mass is 9.93. The van der Waals surface area contributed by atoms with Crippen molar-refractivity contribution in [2.24, 2.45) is 0 Å². The maximum atomic E-state index is 14.8. The van der Waals surface area contributed by atoms with Gasteiger partial charge in [-0.2, -0.15) is 21.0 Å². The van der Waals surface area contributed by atoms with Crippen molar-refractivity contribution in [1.29, 1.82) is 21.0 Å². The second-order valence-corrected chi connectivity index (χ2v) is 11.9. The molecule has 0 unspecified atom stereocenters. The smallest absolute Gasteiger partial charge is 0.200 e. The molecular weight excluding hydrogens is 710 g/mol. The van der Waals surface area contributed by atoms with E-state index in [2.05, 4.69) is 0 Å². The summed E-state index contributed by atoms with van der Waals surface area (Å²) in [7, 11) is 0. The monoisotopic (exact) mass is 716 g/mol. The second kappa shape index (κ2) is 11.4. The third-order valence-corrected chi connectivity index (χ3v) is 9.65.